The number of aliphatic hydroxyl groups excluding tert-OH is 1. The molecule has 4 nitrogen and oxygen atoms in total. The summed E-state index contributed by atoms with van der Waals surface area (Å²) in [6, 6.07) is 1.94. The first-order valence-corrected chi connectivity index (χ1v) is 7.36. The van der Waals surface area contributed by atoms with Crippen LogP contribution in [0.25, 0.3) is 0 Å². The SMILES string of the molecule is Cc1cc(S(=O)(=O)N(C)CCC(F)(F)F)cc(CO)c1F. The molecule has 0 saturated carbocycles. The highest BCUT2D eigenvalue weighted by molar-refractivity contribution is 7.89. The Hall–Kier alpha value is -1.19. The number of hydrogen-bond donors (Lipinski definition) is 1. The first-order valence-electron chi connectivity index (χ1n) is 5.92. The van der Waals surface area contributed by atoms with Gasteiger partial charge in [-0.15, -0.1) is 0 Å². The molecular weight excluding hydrogens is 314 g/mol. The van der Waals surface area contributed by atoms with Gasteiger partial charge in [0.2, 0.25) is 10.0 Å². The van der Waals surface area contributed by atoms with Crippen molar-refractivity contribution in [1.82, 2.24) is 4.31 Å². The van der Waals surface area contributed by atoms with Gasteiger partial charge in [0.05, 0.1) is 17.9 Å². The standard InChI is InChI=1S/C12H15F4NO3S/c1-8-5-10(6-9(7-18)11(8)13)21(19,20)17(2)4-3-12(14,15)16/h5-6,18H,3-4,7H2,1-2H3. The van der Waals surface area contributed by atoms with Gasteiger partial charge in [0.25, 0.3) is 0 Å². The molecule has 0 fully saturated rings. The highest BCUT2D eigenvalue weighted by Gasteiger charge is 2.30. The van der Waals surface area contributed by atoms with E-state index in [0.29, 0.717) is 4.31 Å². The molecule has 0 bridgehead atoms. The number of halogens is 4. The Morgan fingerprint density at radius 1 is 1.29 bits per heavy atom. The fourth-order valence-corrected chi connectivity index (χ4v) is 2.96. The largest absolute Gasteiger partial charge is 0.392 e. The number of rotatable bonds is 5. The number of aliphatic hydroxyl groups is 1. The molecule has 0 amide bonds. The van der Waals surface area contributed by atoms with Gasteiger partial charge in [-0.05, 0) is 24.6 Å². The molecule has 1 aromatic rings. The van der Waals surface area contributed by atoms with Crippen LogP contribution in [0.4, 0.5) is 17.6 Å². The van der Waals surface area contributed by atoms with Gasteiger partial charge in [-0.3, -0.25) is 0 Å². The van der Waals surface area contributed by atoms with Crippen LogP contribution in [-0.2, 0) is 16.6 Å². The predicted octanol–water partition coefficient (Wildman–Crippen LogP) is 2.20. The van der Waals surface area contributed by atoms with Crippen LogP contribution in [0.5, 0.6) is 0 Å². The van der Waals surface area contributed by atoms with Crippen LogP contribution in [0, 0.1) is 12.7 Å². The molecule has 0 radical (unpaired) electrons. The van der Waals surface area contributed by atoms with Crippen molar-refractivity contribution in [1.29, 1.82) is 0 Å². The lowest BCUT2D eigenvalue weighted by molar-refractivity contribution is -0.135. The van der Waals surface area contributed by atoms with E-state index >= 15 is 0 Å². The van der Waals surface area contributed by atoms with Gasteiger partial charge < -0.3 is 5.11 Å². The lowest BCUT2D eigenvalue weighted by Gasteiger charge is -2.19. The number of alkyl halides is 3. The zero-order chi connectivity index (χ0) is 16.4. The zero-order valence-electron chi connectivity index (χ0n) is 11.4. The molecule has 120 valence electrons. The van der Waals surface area contributed by atoms with Gasteiger partial charge in [-0.1, -0.05) is 0 Å². The van der Waals surface area contributed by atoms with E-state index in [-0.39, 0.29) is 16.0 Å². The normalized spacial score (nSPS) is 13.0. The molecule has 1 aromatic carbocycles. The van der Waals surface area contributed by atoms with Crippen molar-refractivity contribution in [2.75, 3.05) is 13.6 Å². The topological polar surface area (TPSA) is 57.6 Å². The third-order valence-corrected chi connectivity index (χ3v) is 4.73. The summed E-state index contributed by atoms with van der Waals surface area (Å²) in [5.41, 5.74) is -0.234. The van der Waals surface area contributed by atoms with Crippen LogP contribution in [0.15, 0.2) is 17.0 Å². The molecule has 0 aliphatic rings. The second kappa shape index (κ2) is 6.29. The Kier molecular flexibility index (Phi) is 5.35. The molecule has 9 heteroatoms. The minimum Gasteiger partial charge on any atom is -0.392 e. The van der Waals surface area contributed by atoms with Gasteiger partial charge in [0, 0.05) is 19.2 Å². The molecule has 0 aliphatic carbocycles. The van der Waals surface area contributed by atoms with Gasteiger partial charge in [0.1, 0.15) is 5.82 Å². The number of sulfonamides is 1. The second-order valence-corrected chi connectivity index (χ2v) is 6.61. The molecule has 1 N–H and O–H groups in total. The molecule has 0 heterocycles. The third-order valence-electron chi connectivity index (χ3n) is 2.89. The zero-order valence-corrected chi connectivity index (χ0v) is 12.2. The minimum atomic E-state index is -4.47. The van der Waals surface area contributed by atoms with Crippen molar-refractivity contribution in [3.63, 3.8) is 0 Å². The Morgan fingerprint density at radius 3 is 2.33 bits per heavy atom. The smallest absolute Gasteiger partial charge is 0.390 e. The first-order chi connectivity index (χ1) is 9.49. The first kappa shape index (κ1) is 17.9. The Morgan fingerprint density at radius 2 is 1.86 bits per heavy atom. The highest BCUT2D eigenvalue weighted by atomic mass is 32.2. The molecule has 0 atom stereocenters. The monoisotopic (exact) mass is 329 g/mol. The average Bonchev–Trinajstić information content (AvgIpc) is 2.37. The van der Waals surface area contributed by atoms with Crippen LogP contribution in [0.2, 0.25) is 0 Å². The highest BCUT2D eigenvalue weighted by Crippen LogP contribution is 2.24. The van der Waals surface area contributed by atoms with Gasteiger partial charge in [-0.2, -0.15) is 13.2 Å². The summed E-state index contributed by atoms with van der Waals surface area (Å²) in [6.45, 7) is -0.137. The van der Waals surface area contributed by atoms with E-state index in [4.69, 9.17) is 5.11 Å². The van der Waals surface area contributed by atoms with Gasteiger partial charge in [0.15, 0.2) is 0 Å². The van der Waals surface area contributed by atoms with Crippen molar-refractivity contribution in [2.45, 2.75) is 31.0 Å². The predicted molar refractivity (Wildman–Crippen MR) is 67.5 cm³/mol. The summed E-state index contributed by atoms with van der Waals surface area (Å²) in [4.78, 5) is -0.352. The van der Waals surface area contributed by atoms with Gasteiger partial charge >= 0.3 is 6.18 Å². The quantitative estimate of drug-likeness (QED) is 0.843. The fourth-order valence-electron chi connectivity index (χ4n) is 1.66. The van der Waals surface area contributed by atoms with Crippen LogP contribution in [-0.4, -0.2) is 37.6 Å². The number of aryl methyl sites for hydroxylation is 1. The lowest BCUT2D eigenvalue weighted by Crippen LogP contribution is -2.30. The molecule has 0 unspecified atom stereocenters. The third kappa shape index (κ3) is 4.39. The Labute approximate surface area is 120 Å². The maximum atomic E-state index is 13.6. The van der Waals surface area contributed by atoms with Crippen LogP contribution in [0.1, 0.15) is 17.5 Å². The molecular formula is C12H15F4NO3S. The second-order valence-electron chi connectivity index (χ2n) is 4.56. The molecule has 0 saturated heterocycles. The number of hydrogen-bond acceptors (Lipinski definition) is 3. The molecule has 0 spiro atoms. The maximum absolute atomic E-state index is 13.6. The van der Waals surface area contributed by atoms with Crippen LogP contribution < -0.4 is 0 Å². The van der Waals surface area contributed by atoms with Crippen molar-refractivity contribution in [3.05, 3.63) is 29.1 Å². The summed E-state index contributed by atoms with van der Waals surface area (Å²) >= 11 is 0. The van der Waals surface area contributed by atoms with Gasteiger partial charge in [-0.25, -0.2) is 17.1 Å². The van der Waals surface area contributed by atoms with Crippen LogP contribution >= 0.6 is 0 Å². The van der Waals surface area contributed by atoms with Crippen molar-refractivity contribution in [3.8, 4) is 0 Å². The molecule has 1 rings (SSSR count). The van der Waals surface area contributed by atoms with E-state index in [0.717, 1.165) is 19.2 Å². The lowest BCUT2D eigenvalue weighted by atomic mass is 10.1. The fraction of sp³-hybridized carbons (Fsp3) is 0.500. The van der Waals surface area contributed by atoms with Crippen molar-refractivity contribution >= 4 is 10.0 Å². The molecule has 21 heavy (non-hydrogen) atoms. The maximum Gasteiger partial charge on any atom is 0.390 e. The van der Waals surface area contributed by atoms with E-state index in [1.54, 1.807) is 0 Å². The molecule has 0 aromatic heterocycles. The molecule has 0 aliphatic heterocycles. The summed E-state index contributed by atoms with van der Waals surface area (Å²) < 4.78 is 74.8. The Bertz CT molecular complexity index is 614. The summed E-state index contributed by atoms with van der Waals surface area (Å²) in [5, 5.41) is 8.98. The average molecular weight is 329 g/mol. The van der Waals surface area contributed by atoms with Crippen molar-refractivity contribution in [2.24, 2.45) is 0 Å². The Balaban J connectivity index is 3.10. The van der Waals surface area contributed by atoms with Crippen LogP contribution in [0.3, 0.4) is 0 Å². The summed E-state index contributed by atoms with van der Waals surface area (Å²) in [7, 11) is -3.17. The number of nitrogens with zero attached hydrogens (tertiary/aromatic N) is 1. The van der Waals surface area contributed by atoms with E-state index in [2.05, 4.69) is 0 Å². The summed E-state index contributed by atoms with van der Waals surface area (Å²) in [6.07, 6.45) is -5.76. The van der Waals surface area contributed by atoms with E-state index in [9.17, 15) is 26.0 Å². The van der Waals surface area contributed by atoms with E-state index in [1.807, 2.05) is 0 Å². The van der Waals surface area contributed by atoms with Crippen molar-refractivity contribution < 1.29 is 31.1 Å². The minimum absolute atomic E-state index is 0.00986. The summed E-state index contributed by atoms with van der Waals surface area (Å²) in [5.74, 6) is -0.741. The number of benzene rings is 1. The van der Waals surface area contributed by atoms with E-state index in [1.165, 1.54) is 6.92 Å². The van der Waals surface area contributed by atoms with E-state index < -0.39 is 41.6 Å².